The highest BCUT2D eigenvalue weighted by atomic mass is 35.5. The predicted molar refractivity (Wildman–Crippen MR) is 118 cm³/mol. The Labute approximate surface area is 182 Å². The van der Waals surface area contributed by atoms with Gasteiger partial charge in [-0.3, -0.25) is 20.1 Å². The Morgan fingerprint density at radius 1 is 1.03 bits per heavy atom. The minimum atomic E-state index is -0.516. The highest BCUT2D eigenvalue weighted by molar-refractivity contribution is 8.13. The minimum Gasteiger partial charge on any atom is -0.298 e. The van der Waals surface area contributed by atoms with Crippen LogP contribution in [0.2, 0.25) is 5.02 Å². The van der Waals surface area contributed by atoms with Gasteiger partial charge in [-0.05, 0) is 29.8 Å². The molecule has 148 valence electrons. The molecule has 6 nitrogen and oxygen atoms in total. The van der Waals surface area contributed by atoms with Gasteiger partial charge < -0.3 is 0 Å². The van der Waals surface area contributed by atoms with Gasteiger partial charge in [0.2, 0.25) is 0 Å². The zero-order valence-corrected chi connectivity index (χ0v) is 17.3. The first-order valence-electron chi connectivity index (χ1n) is 9.34. The maximum absolute atomic E-state index is 13.1. The van der Waals surface area contributed by atoms with Crippen LogP contribution in [0.4, 0.5) is 0 Å². The summed E-state index contributed by atoms with van der Waals surface area (Å²) in [6, 6.07) is 20.8. The topological polar surface area (TPSA) is 70.0 Å². The molecule has 1 atom stereocenters. The molecular formula is C22H16ClN5OS. The molecule has 1 N–H and O–H groups in total. The molecule has 2 aliphatic rings. The van der Waals surface area contributed by atoms with E-state index in [-0.39, 0.29) is 5.91 Å². The van der Waals surface area contributed by atoms with Crippen LogP contribution in [0.5, 0.6) is 0 Å². The first-order valence-corrected chi connectivity index (χ1v) is 10.7. The van der Waals surface area contributed by atoms with Gasteiger partial charge >= 0.3 is 0 Å². The zero-order chi connectivity index (χ0) is 20.5. The van der Waals surface area contributed by atoms with Gasteiger partial charge in [0.15, 0.2) is 11.3 Å². The van der Waals surface area contributed by atoms with Crippen molar-refractivity contribution in [1.82, 2.24) is 15.3 Å². The van der Waals surface area contributed by atoms with Crippen LogP contribution in [-0.2, 0) is 10.5 Å². The molecule has 5 rings (SSSR count). The van der Waals surface area contributed by atoms with E-state index in [1.54, 1.807) is 11.2 Å². The number of hydrazone groups is 1. The fourth-order valence-electron chi connectivity index (χ4n) is 3.38. The molecule has 0 aliphatic carbocycles. The summed E-state index contributed by atoms with van der Waals surface area (Å²) in [5.74, 6) is 0.374. The fraction of sp³-hybridized carbons (Fsp3) is 0.0909. The van der Waals surface area contributed by atoms with Crippen LogP contribution in [0.3, 0.4) is 0 Å². The lowest BCUT2D eigenvalue weighted by Crippen LogP contribution is -2.50. The molecule has 0 saturated heterocycles. The number of rotatable bonds is 3. The van der Waals surface area contributed by atoms with Crippen molar-refractivity contribution in [2.45, 2.75) is 11.9 Å². The molecule has 3 aromatic rings. The molecule has 0 fully saturated rings. The predicted octanol–water partition coefficient (Wildman–Crippen LogP) is 2.81. The third-order valence-corrected chi connectivity index (χ3v) is 6.07. The van der Waals surface area contributed by atoms with Crippen LogP contribution < -0.4 is 15.9 Å². The average Bonchev–Trinajstić information content (AvgIpc) is 2.78. The van der Waals surface area contributed by atoms with Crippen LogP contribution in [0.25, 0.3) is 5.70 Å². The smallest absolute Gasteiger partial charge is 0.276 e. The number of hydrogen-bond donors (Lipinski definition) is 1. The zero-order valence-electron chi connectivity index (χ0n) is 15.7. The quantitative estimate of drug-likeness (QED) is 0.689. The summed E-state index contributed by atoms with van der Waals surface area (Å²) in [4.78, 5) is 22.4. The Balaban J connectivity index is 1.56. The molecule has 2 aliphatic heterocycles. The number of hydrogen-bond acceptors (Lipinski definition) is 6. The van der Waals surface area contributed by atoms with E-state index in [0.717, 1.165) is 21.8 Å². The number of para-hydroxylation sites is 1. The number of benzene rings is 2. The number of amidine groups is 1. The molecule has 0 saturated carbocycles. The Hall–Kier alpha value is -3.16. The van der Waals surface area contributed by atoms with Crippen LogP contribution in [0.1, 0.15) is 17.4 Å². The van der Waals surface area contributed by atoms with Gasteiger partial charge in [-0.1, -0.05) is 65.8 Å². The first kappa shape index (κ1) is 18.8. The van der Waals surface area contributed by atoms with Gasteiger partial charge in [-0.2, -0.15) is 0 Å². The summed E-state index contributed by atoms with van der Waals surface area (Å²) in [5, 5.41) is 12.0. The second-order valence-corrected chi connectivity index (χ2v) is 8.08. The van der Waals surface area contributed by atoms with Crippen molar-refractivity contribution < 1.29 is 4.79 Å². The molecule has 2 aromatic carbocycles. The van der Waals surface area contributed by atoms with Gasteiger partial charge in [0.1, 0.15) is 5.70 Å². The van der Waals surface area contributed by atoms with Crippen LogP contribution in [0.15, 0.2) is 83.0 Å². The third-order valence-electron chi connectivity index (χ3n) is 4.79. The number of carbonyl (C=O) groups excluding carboxylic acids is 1. The molecular weight excluding hydrogens is 418 g/mol. The highest BCUT2D eigenvalue weighted by Gasteiger charge is 2.34. The summed E-state index contributed by atoms with van der Waals surface area (Å²) in [7, 11) is 0. The maximum Gasteiger partial charge on any atom is 0.276 e. The largest absolute Gasteiger partial charge is 0.298 e. The number of halogens is 1. The summed E-state index contributed by atoms with van der Waals surface area (Å²) < 4.78 is 0. The van der Waals surface area contributed by atoms with Gasteiger partial charge in [0, 0.05) is 22.2 Å². The highest BCUT2D eigenvalue weighted by Crippen LogP contribution is 2.30. The normalized spacial score (nSPS) is 17.4. The number of pyridine rings is 1. The first-order chi connectivity index (χ1) is 14.7. The lowest BCUT2D eigenvalue weighted by Gasteiger charge is -2.33. The summed E-state index contributed by atoms with van der Waals surface area (Å²) >= 11 is 7.68. The standard InChI is InChI=1S/C22H16ClN5OS/c23-16-9-3-1-7-14(16)13-30-22-26-21(29)19-15-8-2-4-10-17(15)25-20(28(19)27-22)18-11-5-6-12-24-18/h1-12,20H,13H2,(H,26,27,29)/t20-/m1/s1. The number of nitrogens with zero attached hydrogens (tertiary/aromatic N) is 4. The van der Waals surface area contributed by atoms with E-state index in [2.05, 4.69) is 10.3 Å². The van der Waals surface area contributed by atoms with Gasteiger partial charge in [-0.15, -0.1) is 5.10 Å². The van der Waals surface area contributed by atoms with Gasteiger partial charge in [0.05, 0.1) is 11.1 Å². The molecule has 3 heterocycles. The molecule has 0 bridgehead atoms. The number of nitrogens with one attached hydrogen (secondary N) is 1. The van der Waals surface area contributed by atoms with E-state index in [0.29, 0.717) is 21.6 Å². The average molecular weight is 434 g/mol. The van der Waals surface area contributed by atoms with Crippen molar-refractivity contribution in [1.29, 1.82) is 0 Å². The van der Waals surface area contributed by atoms with Crippen molar-refractivity contribution in [3.63, 3.8) is 0 Å². The van der Waals surface area contributed by atoms with Gasteiger partial charge in [0.25, 0.3) is 5.91 Å². The van der Waals surface area contributed by atoms with Crippen LogP contribution in [-0.4, -0.2) is 21.1 Å². The molecule has 0 unspecified atom stereocenters. The van der Waals surface area contributed by atoms with E-state index in [4.69, 9.17) is 21.7 Å². The minimum absolute atomic E-state index is 0.213. The van der Waals surface area contributed by atoms with E-state index >= 15 is 0 Å². The second-order valence-electron chi connectivity index (χ2n) is 6.71. The molecule has 30 heavy (non-hydrogen) atoms. The fourth-order valence-corrected chi connectivity index (χ4v) is 4.51. The van der Waals surface area contributed by atoms with Crippen molar-refractivity contribution in [2.24, 2.45) is 10.1 Å². The lowest BCUT2D eigenvalue weighted by molar-refractivity contribution is -0.116. The number of thioether (sulfide) groups is 1. The Morgan fingerprint density at radius 2 is 1.83 bits per heavy atom. The summed E-state index contributed by atoms with van der Waals surface area (Å²) in [6.07, 6.45) is 1.20. The van der Waals surface area contributed by atoms with Crippen molar-refractivity contribution in [3.8, 4) is 0 Å². The van der Waals surface area contributed by atoms with Crippen molar-refractivity contribution in [2.75, 3.05) is 0 Å². The molecule has 1 amide bonds. The third kappa shape index (κ3) is 3.46. The summed E-state index contributed by atoms with van der Waals surface area (Å²) in [5.41, 5.74) is 2.17. The van der Waals surface area contributed by atoms with Crippen LogP contribution in [0, 0.1) is 0 Å². The number of aromatic nitrogens is 1. The molecule has 0 radical (unpaired) electrons. The summed E-state index contributed by atoms with van der Waals surface area (Å²) in [6.45, 7) is 0. The molecule has 0 spiro atoms. The SMILES string of the molecule is O=C1NC(SCc2ccccc2Cl)=NN2C1=c1ccccc1=N[C@H]2c1ccccn1. The Bertz CT molecular complexity index is 1280. The Morgan fingerprint density at radius 3 is 2.67 bits per heavy atom. The van der Waals surface area contributed by atoms with Crippen molar-refractivity contribution >= 4 is 40.1 Å². The maximum atomic E-state index is 13.1. The van der Waals surface area contributed by atoms with E-state index in [1.165, 1.54) is 11.8 Å². The number of amides is 1. The van der Waals surface area contributed by atoms with Crippen molar-refractivity contribution in [3.05, 3.63) is 99.8 Å². The lowest BCUT2D eigenvalue weighted by atomic mass is 10.1. The Kier molecular flexibility index (Phi) is 4.98. The van der Waals surface area contributed by atoms with E-state index in [1.807, 2.05) is 66.7 Å². The molecule has 8 heteroatoms. The molecule has 1 aromatic heterocycles. The van der Waals surface area contributed by atoms with E-state index in [9.17, 15) is 4.79 Å². The monoisotopic (exact) mass is 433 g/mol. The van der Waals surface area contributed by atoms with E-state index < -0.39 is 6.17 Å². The second kappa shape index (κ2) is 7.93. The van der Waals surface area contributed by atoms with Gasteiger partial charge in [-0.25, -0.2) is 5.01 Å². The van der Waals surface area contributed by atoms with Crippen LogP contribution >= 0.6 is 23.4 Å². The number of carbonyl (C=O) groups is 1. The number of fused-ring (bicyclic) bond motifs is 2.